The first-order valence-corrected chi connectivity index (χ1v) is 9.15. The van der Waals surface area contributed by atoms with Crippen molar-refractivity contribution in [1.29, 1.82) is 0 Å². The van der Waals surface area contributed by atoms with E-state index in [-0.39, 0.29) is 17.9 Å². The topological polar surface area (TPSA) is 57.3 Å². The Morgan fingerprint density at radius 1 is 1.27 bits per heavy atom. The lowest BCUT2D eigenvalue weighted by Gasteiger charge is -2.34. The van der Waals surface area contributed by atoms with Crippen LogP contribution in [0.3, 0.4) is 0 Å². The number of carbonyl (C=O) groups excluding carboxylic acids is 1. The van der Waals surface area contributed by atoms with E-state index in [4.69, 9.17) is 0 Å². The van der Waals surface area contributed by atoms with Gasteiger partial charge >= 0.3 is 6.18 Å². The van der Waals surface area contributed by atoms with Gasteiger partial charge in [0.25, 0.3) is 0 Å². The standard InChI is InChI=1S/C18H25F3N4O/c1-12-10-13(4-7-22-12)17(26)24-15-5-8-25(9-6-15)16-3-2-14(11-23-16)18(19,20)21/h2-3,11-13,15,22H,4-10H2,1H3,(H,24,26)/t12-,13-/m0/s1. The van der Waals surface area contributed by atoms with E-state index in [1.165, 1.54) is 6.07 Å². The summed E-state index contributed by atoms with van der Waals surface area (Å²) in [5, 5.41) is 6.49. The van der Waals surface area contributed by atoms with Crippen molar-refractivity contribution in [2.45, 2.75) is 50.9 Å². The second-order valence-electron chi connectivity index (χ2n) is 7.25. The van der Waals surface area contributed by atoms with Crippen LogP contribution in [0.4, 0.5) is 19.0 Å². The number of nitrogens with one attached hydrogen (secondary N) is 2. The largest absolute Gasteiger partial charge is 0.417 e. The summed E-state index contributed by atoms with van der Waals surface area (Å²) >= 11 is 0. The quantitative estimate of drug-likeness (QED) is 0.859. The molecule has 3 rings (SSSR count). The summed E-state index contributed by atoms with van der Waals surface area (Å²) in [4.78, 5) is 18.3. The second kappa shape index (κ2) is 7.82. The normalized spacial score (nSPS) is 25.2. The Morgan fingerprint density at radius 3 is 2.58 bits per heavy atom. The summed E-state index contributed by atoms with van der Waals surface area (Å²) < 4.78 is 37.8. The summed E-state index contributed by atoms with van der Waals surface area (Å²) in [6.07, 6.45) is -0.217. The van der Waals surface area contributed by atoms with Crippen molar-refractivity contribution in [1.82, 2.24) is 15.6 Å². The predicted molar refractivity (Wildman–Crippen MR) is 92.8 cm³/mol. The van der Waals surface area contributed by atoms with Gasteiger partial charge in [-0.1, -0.05) is 0 Å². The molecule has 0 aliphatic carbocycles. The number of halogens is 3. The molecule has 2 N–H and O–H groups in total. The first-order valence-electron chi connectivity index (χ1n) is 9.15. The molecule has 0 unspecified atom stereocenters. The molecule has 8 heteroatoms. The number of piperidine rings is 2. The van der Waals surface area contributed by atoms with Crippen LogP contribution in [0.1, 0.15) is 38.2 Å². The Hall–Kier alpha value is -1.83. The average molecular weight is 370 g/mol. The average Bonchev–Trinajstić information content (AvgIpc) is 2.62. The van der Waals surface area contributed by atoms with Crippen LogP contribution >= 0.6 is 0 Å². The molecule has 1 aromatic heterocycles. The lowest BCUT2D eigenvalue weighted by atomic mass is 9.92. The second-order valence-corrected chi connectivity index (χ2v) is 7.25. The van der Waals surface area contributed by atoms with E-state index in [0.29, 0.717) is 24.9 Å². The van der Waals surface area contributed by atoms with E-state index >= 15 is 0 Å². The zero-order valence-electron chi connectivity index (χ0n) is 14.9. The van der Waals surface area contributed by atoms with Gasteiger partial charge in [-0.15, -0.1) is 0 Å². The van der Waals surface area contributed by atoms with Gasteiger partial charge in [0.15, 0.2) is 0 Å². The third-order valence-corrected chi connectivity index (χ3v) is 5.23. The maximum Gasteiger partial charge on any atom is 0.417 e. The third-order valence-electron chi connectivity index (χ3n) is 5.23. The highest BCUT2D eigenvalue weighted by atomic mass is 19.4. The van der Waals surface area contributed by atoms with Gasteiger partial charge in [-0.2, -0.15) is 13.2 Å². The Balaban J connectivity index is 1.49. The fourth-order valence-electron chi connectivity index (χ4n) is 3.68. The molecule has 0 radical (unpaired) electrons. The zero-order valence-corrected chi connectivity index (χ0v) is 14.9. The highest BCUT2D eigenvalue weighted by Crippen LogP contribution is 2.29. The molecule has 1 amide bonds. The van der Waals surface area contributed by atoms with E-state index in [9.17, 15) is 18.0 Å². The third kappa shape index (κ3) is 4.66. The Kier molecular flexibility index (Phi) is 5.70. The molecule has 0 spiro atoms. The van der Waals surface area contributed by atoms with Gasteiger partial charge < -0.3 is 15.5 Å². The van der Waals surface area contributed by atoms with E-state index in [2.05, 4.69) is 22.5 Å². The number of alkyl halides is 3. The molecular formula is C18H25F3N4O. The minimum Gasteiger partial charge on any atom is -0.356 e. The molecule has 0 saturated carbocycles. The molecule has 5 nitrogen and oxygen atoms in total. The van der Waals surface area contributed by atoms with Gasteiger partial charge in [-0.05, 0) is 51.3 Å². The maximum atomic E-state index is 12.6. The van der Waals surface area contributed by atoms with E-state index in [1.54, 1.807) is 0 Å². The van der Waals surface area contributed by atoms with E-state index in [1.807, 2.05) is 4.90 Å². The van der Waals surface area contributed by atoms with Gasteiger partial charge in [-0.25, -0.2) is 4.98 Å². The minimum absolute atomic E-state index is 0.0702. The number of nitrogens with zero attached hydrogens (tertiary/aromatic N) is 2. The van der Waals surface area contributed by atoms with Crippen LogP contribution in [0.15, 0.2) is 18.3 Å². The number of hydrogen-bond acceptors (Lipinski definition) is 4. The van der Waals surface area contributed by atoms with Crippen molar-refractivity contribution in [2.24, 2.45) is 5.92 Å². The smallest absolute Gasteiger partial charge is 0.356 e. The number of aromatic nitrogens is 1. The number of rotatable bonds is 3. The van der Waals surface area contributed by atoms with Crippen molar-refractivity contribution < 1.29 is 18.0 Å². The zero-order chi connectivity index (χ0) is 18.7. The van der Waals surface area contributed by atoms with Gasteiger partial charge in [0, 0.05) is 37.3 Å². The summed E-state index contributed by atoms with van der Waals surface area (Å²) in [5.74, 6) is 0.750. The number of amides is 1. The molecule has 144 valence electrons. The molecule has 2 fully saturated rings. The number of pyridine rings is 1. The molecule has 0 aromatic carbocycles. The van der Waals surface area contributed by atoms with Gasteiger partial charge in [0.05, 0.1) is 5.56 Å². The summed E-state index contributed by atoms with van der Waals surface area (Å²) in [6, 6.07) is 2.97. The molecular weight excluding hydrogens is 345 g/mol. The molecule has 2 saturated heterocycles. The van der Waals surface area contributed by atoms with Crippen LogP contribution in [0.2, 0.25) is 0 Å². The van der Waals surface area contributed by atoms with Crippen molar-refractivity contribution in [3.63, 3.8) is 0 Å². The summed E-state index contributed by atoms with van der Waals surface area (Å²) in [6.45, 7) is 4.31. The SMILES string of the molecule is C[C@H]1C[C@@H](C(=O)NC2CCN(c3ccc(C(F)(F)F)cn3)CC2)CCN1. The summed E-state index contributed by atoms with van der Waals surface area (Å²) in [5.41, 5.74) is -0.736. The molecule has 2 aliphatic heterocycles. The Morgan fingerprint density at radius 2 is 2.00 bits per heavy atom. The molecule has 2 aliphatic rings. The summed E-state index contributed by atoms with van der Waals surface area (Å²) in [7, 11) is 0. The van der Waals surface area contributed by atoms with Crippen LogP contribution in [0.5, 0.6) is 0 Å². The van der Waals surface area contributed by atoms with Gasteiger partial charge in [0.2, 0.25) is 5.91 Å². The van der Waals surface area contributed by atoms with E-state index in [0.717, 1.165) is 44.5 Å². The first kappa shape index (κ1) is 18.9. The molecule has 26 heavy (non-hydrogen) atoms. The number of carbonyl (C=O) groups is 1. The van der Waals surface area contributed by atoms with Crippen molar-refractivity contribution in [2.75, 3.05) is 24.5 Å². The lowest BCUT2D eigenvalue weighted by Crippen LogP contribution is -2.49. The van der Waals surface area contributed by atoms with Crippen molar-refractivity contribution in [3.05, 3.63) is 23.9 Å². The van der Waals surface area contributed by atoms with E-state index < -0.39 is 11.7 Å². The van der Waals surface area contributed by atoms with Crippen LogP contribution in [0.25, 0.3) is 0 Å². The number of hydrogen-bond donors (Lipinski definition) is 2. The Bertz CT molecular complexity index is 612. The molecule has 0 bridgehead atoms. The molecule has 1 aromatic rings. The maximum absolute atomic E-state index is 12.6. The highest BCUT2D eigenvalue weighted by molar-refractivity contribution is 5.79. The molecule has 2 atom stereocenters. The minimum atomic E-state index is -4.37. The van der Waals surface area contributed by atoms with Crippen molar-refractivity contribution >= 4 is 11.7 Å². The van der Waals surface area contributed by atoms with Gasteiger partial charge in [-0.3, -0.25) is 4.79 Å². The van der Waals surface area contributed by atoms with Crippen LogP contribution < -0.4 is 15.5 Å². The molecule has 3 heterocycles. The first-order chi connectivity index (χ1) is 12.3. The van der Waals surface area contributed by atoms with Crippen molar-refractivity contribution in [3.8, 4) is 0 Å². The predicted octanol–water partition coefficient (Wildman–Crippen LogP) is 2.57. The number of anilines is 1. The Labute approximate surface area is 151 Å². The fourth-order valence-corrected chi connectivity index (χ4v) is 3.68. The fraction of sp³-hybridized carbons (Fsp3) is 0.667. The van der Waals surface area contributed by atoms with Gasteiger partial charge in [0.1, 0.15) is 5.82 Å². The highest BCUT2D eigenvalue weighted by Gasteiger charge is 2.31. The van der Waals surface area contributed by atoms with Crippen LogP contribution in [0, 0.1) is 5.92 Å². The monoisotopic (exact) mass is 370 g/mol. The van der Waals surface area contributed by atoms with Crippen LogP contribution in [-0.2, 0) is 11.0 Å². The van der Waals surface area contributed by atoms with Crippen LogP contribution in [-0.4, -0.2) is 42.6 Å². The lowest BCUT2D eigenvalue weighted by molar-refractivity contribution is -0.137.